The highest BCUT2D eigenvalue weighted by Gasteiger charge is 2.33. The summed E-state index contributed by atoms with van der Waals surface area (Å²) in [7, 11) is 0. The van der Waals surface area contributed by atoms with Gasteiger partial charge in [0, 0.05) is 12.2 Å². The van der Waals surface area contributed by atoms with Crippen LogP contribution in [0.15, 0.2) is 18.2 Å². The van der Waals surface area contributed by atoms with Gasteiger partial charge in [-0.25, -0.2) is 0 Å². The maximum atomic E-state index is 12.3. The molecule has 1 aliphatic rings. The highest BCUT2D eigenvalue weighted by Crippen LogP contribution is 2.27. The van der Waals surface area contributed by atoms with E-state index in [4.69, 9.17) is 9.84 Å². The number of rotatable bonds is 3. The number of ether oxygens (including phenoxy) is 1. The van der Waals surface area contributed by atoms with E-state index in [9.17, 15) is 9.59 Å². The van der Waals surface area contributed by atoms with Crippen molar-refractivity contribution in [3.05, 3.63) is 29.3 Å². The zero-order valence-electron chi connectivity index (χ0n) is 11.0. The van der Waals surface area contributed by atoms with Crippen molar-refractivity contribution < 1.29 is 19.4 Å². The molecule has 102 valence electrons. The predicted molar refractivity (Wildman–Crippen MR) is 70.3 cm³/mol. The van der Waals surface area contributed by atoms with Crippen LogP contribution in [0.4, 0.5) is 5.69 Å². The van der Waals surface area contributed by atoms with Crippen molar-refractivity contribution in [1.29, 1.82) is 0 Å². The van der Waals surface area contributed by atoms with E-state index >= 15 is 0 Å². The third kappa shape index (κ3) is 2.76. The fourth-order valence-corrected chi connectivity index (χ4v) is 2.40. The van der Waals surface area contributed by atoms with E-state index in [1.54, 1.807) is 4.90 Å². The molecular formula is C14H17NO4. The molecular weight excluding hydrogens is 246 g/mol. The fourth-order valence-electron chi connectivity index (χ4n) is 2.40. The minimum absolute atomic E-state index is 0.272. The van der Waals surface area contributed by atoms with Crippen LogP contribution in [-0.4, -0.2) is 36.2 Å². The van der Waals surface area contributed by atoms with E-state index < -0.39 is 12.1 Å². The number of morpholine rings is 1. The van der Waals surface area contributed by atoms with Gasteiger partial charge in [0.05, 0.1) is 13.0 Å². The van der Waals surface area contributed by atoms with Crippen molar-refractivity contribution in [2.75, 3.05) is 18.1 Å². The molecule has 0 spiro atoms. The zero-order valence-corrected chi connectivity index (χ0v) is 11.0. The number of hydrogen-bond donors (Lipinski definition) is 1. The lowest BCUT2D eigenvalue weighted by Crippen LogP contribution is -2.49. The standard InChI is InChI=1S/C14H17NO4/c1-9-4-3-5-10(2)13(9)15-6-7-19-11(14(15)18)8-12(16)17/h3-5,11H,6-8H2,1-2H3,(H,16,17). The number of anilines is 1. The van der Waals surface area contributed by atoms with Gasteiger partial charge >= 0.3 is 5.97 Å². The van der Waals surface area contributed by atoms with Gasteiger partial charge in [0.25, 0.3) is 5.91 Å². The topological polar surface area (TPSA) is 66.8 Å². The molecule has 1 unspecified atom stereocenters. The molecule has 1 fully saturated rings. The summed E-state index contributed by atoms with van der Waals surface area (Å²) >= 11 is 0. The SMILES string of the molecule is Cc1cccc(C)c1N1CCOC(CC(=O)O)C1=O. The average Bonchev–Trinajstić information content (AvgIpc) is 2.33. The Bertz CT molecular complexity index is 492. The largest absolute Gasteiger partial charge is 0.481 e. The Kier molecular flexibility index (Phi) is 3.85. The van der Waals surface area contributed by atoms with Crippen LogP contribution < -0.4 is 4.90 Å². The lowest BCUT2D eigenvalue weighted by atomic mass is 10.1. The van der Waals surface area contributed by atoms with Crippen molar-refractivity contribution in [3.8, 4) is 0 Å². The van der Waals surface area contributed by atoms with Crippen LogP contribution in [0.2, 0.25) is 0 Å². The second-order valence-electron chi connectivity index (χ2n) is 4.69. The molecule has 1 heterocycles. The second kappa shape index (κ2) is 5.40. The average molecular weight is 263 g/mol. The maximum absolute atomic E-state index is 12.3. The summed E-state index contributed by atoms with van der Waals surface area (Å²) in [6, 6.07) is 5.82. The van der Waals surface area contributed by atoms with E-state index in [1.807, 2.05) is 32.0 Å². The number of aliphatic carboxylic acids is 1. The maximum Gasteiger partial charge on any atom is 0.306 e. The number of carbonyl (C=O) groups excluding carboxylic acids is 1. The number of nitrogens with zero attached hydrogens (tertiary/aromatic N) is 1. The van der Waals surface area contributed by atoms with Crippen molar-refractivity contribution in [2.45, 2.75) is 26.4 Å². The number of para-hydroxylation sites is 1. The monoisotopic (exact) mass is 263 g/mol. The first-order valence-electron chi connectivity index (χ1n) is 6.21. The number of carbonyl (C=O) groups is 2. The summed E-state index contributed by atoms with van der Waals surface area (Å²) in [5.74, 6) is -1.30. The Morgan fingerprint density at radius 2 is 2.05 bits per heavy atom. The molecule has 2 rings (SSSR count). The minimum atomic E-state index is -1.03. The summed E-state index contributed by atoms with van der Waals surface area (Å²) in [6.45, 7) is 4.70. The van der Waals surface area contributed by atoms with Crippen LogP contribution in [0, 0.1) is 13.8 Å². The third-order valence-electron chi connectivity index (χ3n) is 3.24. The van der Waals surface area contributed by atoms with Gasteiger partial charge < -0.3 is 14.7 Å². The first-order chi connectivity index (χ1) is 9.00. The smallest absolute Gasteiger partial charge is 0.306 e. The molecule has 1 aromatic carbocycles. The predicted octanol–water partition coefficient (Wildman–Crippen LogP) is 1.51. The Balaban J connectivity index is 2.29. The number of carboxylic acid groups (broad SMARTS) is 1. The summed E-state index contributed by atoms with van der Waals surface area (Å²) in [6.07, 6.45) is -1.18. The van der Waals surface area contributed by atoms with Crippen LogP contribution in [-0.2, 0) is 14.3 Å². The number of amides is 1. The van der Waals surface area contributed by atoms with E-state index in [0.717, 1.165) is 16.8 Å². The van der Waals surface area contributed by atoms with Gasteiger partial charge in [-0.3, -0.25) is 9.59 Å². The molecule has 0 radical (unpaired) electrons. The summed E-state index contributed by atoms with van der Waals surface area (Å²) < 4.78 is 5.26. The minimum Gasteiger partial charge on any atom is -0.481 e. The number of aryl methyl sites for hydroxylation is 2. The summed E-state index contributed by atoms with van der Waals surface area (Å²) in [4.78, 5) is 24.7. The zero-order chi connectivity index (χ0) is 14.0. The Hall–Kier alpha value is -1.88. The molecule has 1 aliphatic heterocycles. The van der Waals surface area contributed by atoms with Gasteiger partial charge in [-0.05, 0) is 25.0 Å². The first-order valence-corrected chi connectivity index (χ1v) is 6.21. The van der Waals surface area contributed by atoms with Gasteiger partial charge in [0.15, 0.2) is 0 Å². The van der Waals surface area contributed by atoms with Crippen LogP contribution in [0.5, 0.6) is 0 Å². The normalized spacial score (nSPS) is 19.6. The van der Waals surface area contributed by atoms with Gasteiger partial charge in [0.1, 0.15) is 6.10 Å². The number of hydrogen-bond acceptors (Lipinski definition) is 3. The first kappa shape index (κ1) is 13.5. The summed E-state index contributed by atoms with van der Waals surface area (Å²) in [5.41, 5.74) is 2.87. The molecule has 0 aliphatic carbocycles. The van der Waals surface area contributed by atoms with Crippen molar-refractivity contribution in [2.24, 2.45) is 0 Å². The fraction of sp³-hybridized carbons (Fsp3) is 0.429. The molecule has 1 amide bonds. The van der Waals surface area contributed by atoms with Crippen LogP contribution in [0.25, 0.3) is 0 Å². The van der Waals surface area contributed by atoms with Gasteiger partial charge in [0.2, 0.25) is 0 Å². The summed E-state index contributed by atoms with van der Waals surface area (Å²) in [5, 5.41) is 8.80. The Morgan fingerprint density at radius 1 is 1.42 bits per heavy atom. The lowest BCUT2D eigenvalue weighted by Gasteiger charge is -2.33. The molecule has 5 nitrogen and oxygen atoms in total. The lowest BCUT2D eigenvalue weighted by molar-refractivity contribution is -0.147. The van der Waals surface area contributed by atoms with Gasteiger partial charge in [-0.1, -0.05) is 18.2 Å². The van der Waals surface area contributed by atoms with Crippen molar-refractivity contribution >= 4 is 17.6 Å². The van der Waals surface area contributed by atoms with Gasteiger partial charge in [-0.15, -0.1) is 0 Å². The molecule has 0 aromatic heterocycles. The van der Waals surface area contributed by atoms with E-state index in [2.05, 4.69) is 0 Å². The van der Waals surface area contributed by atoms with Crippen LogP contribution >= 0.6 is 0 Å². The molecule has 0 bridgehead atoms. The Morgan fingerprint density at radius 3 is 2.63 bits per heavy atom. The van der Waals surface area contributed by atoms with E-state index in [0.29, 0.717) is 13.2 Å². The van der Waals surface area contributed by atoms with E-state index in [-0.39, 0.29) is 12.3 Å². The van der Waals surface area contributed by atoms with Crippen LogP contribution in [0.3, 0.4) is 0 Å². The van der Waals surface area contributed by atoms with Crippen molar-refractivity contribution in [3.63, 3.8) is 0 Å². The number of benzene rings is 1. The molecule has 1 N–H and O–H groups in total. The molecule has 1 saturated heterocycles. The highest BCUT2D eigenvalue weighted by molar-refractivity contribution is 6.00. The molecule has 5 heteroatoms. The van der Waals surface area contributed by atoms with Gasteiger partial charge in [-0.2, -0.15) is 0 Å². The quantitative estimate of drug-likeness (QED) is 0.897. The van der Waals surface area contributed by atoms with Crippen LogP contribution in [0.1, 0.15) is 17.5 Å². The highest BCUT2D eigenvalue weighted by atomic mass is 16.5. The van der Waals surface area contributed by atoms with Crippen molar-refractivity contribution in [1.82, 2.24) is 0 Å². The molecule has 1 atom stereocenters. The molecule has 0 saturated carbocycles. The second-order valence-corrected chi connectivity index (χ2v) is 4.69. The Labute approximate surface area is 111 Å². The van der Waals surface area contributed by atoms with E-state index in [1.165, 1.54) is 0 Å². The third-order valence-corrected chi connectivity index (χ3v) is 3.24. The molecule has 1 aromatic rings. The number of carboxylic acids is 1. The molecule has 19 heavy (non-hydrogen) atoms.